The zero-order valence-corrected chi connectivity index (χ0v) is 12.5. The van der Waals surface area contributed by atoms with E-state index in [0.717, 1.165) is 0 Å². The average molecular weight is 316 g/mol. The monoisotopic (exact) mass is 315 g/mol. The highest BCUT2D eigenvalue weighted by atomic mass is 35.5. The molecule has 2 aromatic rings. The van der Waals surface area contributed by atoms with Crippen LogP contribution in [0.4, 0.5) is 5.69 Å². The van der Waals surface area contributed by atoms with Gasteiger partial charge in [-0.05, 0) is 12.1 Å². The van der Waals surface area contributed by atoms with Gasteiger partial charge in [-0.15, -0.1) is 0 Å². The predicted molar refractivity (Wildman–Crippen MR) is 85.1 cm³/mol. The van der Waals surface area contributed by atoms with Crippen molar-refractivity contribution in [2.75, 3.05) is 5.32 Å². The third-order valence-electron chi connectivity index (χ3n) is 2.96. The molecular formula is C17H14ClNO3. The van der Waals surface area contributed by atoms with Crippen molar-refractivity contribution >= 4 is 34.8 Å². The summed E-state index contributed by atoms with van der Waals surface area (Å²) in [6, 6.07) is 15.2. The van der Waals surface area contributed by atoms with Crippen molar-refractivity contribution in [2.45, 2.75) is 12.8 Å². The third-order valence-corrected chi connectivity index (χ3v) is 3.29. The summed E-state index contributed by atoms with van der Waals surface area (Å²) in [4.78, 5) is 35.5. The molecule has 1 N–H and O–H groups in total. The van der Waals surface area contributed by atoms with E-state index >= 15 is 0 Å². The van der Waals surface area contributed by atoms with Crippen LogP contribution in [0.25, 0.3) is 0 Å². The van der Waals surface area contributed by atoms with Crippen LogP contribution >= 0.6 is 11.6 Å². The number of hydrogen-bond acceptors (Lipinski definition) is 3. The van der Waals surface area contributed by atoms with Crippen LogP contribution in [0.5, 0.6) is 0 Å². The van der Waals surface area contributed by atoms with Gasteiger partial charge in [0.25, 0.3) is 0 Å². The molecule has 2 aromatic carbocycles. The highest BCUT2D eigenvalue weighted by Crippen LogP contribution is 2.20. The van der Waals surface area contributed by atoms with Crippen LogP contribution in [0.15, 0.2) is 54.6 Å². The molecular weight excluding hydrogens is 302 g/mol. The number of rotatable bonds is 6. The first kappa shape index (κ1) is 15.9. The summed E-state index contributed by atoms with van der Waals surface area (Å²) in [5.74, 6) is -1.21. The first-order valence-corrected chi connectivity index (χ1v) is 7.08. The van der Waals surface area contributed by atoms with Crippen LogP contribution in [-0.4, -0.2) is 17.5 Å². The zero-order valence-electron chi connectivity index (χ0n) is 11.7. The van der Waals surface area contributed by atoms with E-state index in [1.54, 1.807) is 54.6 Å². The highest BCUT2D eigenvalue weighted by molar-refractivity contribution is 6.33. The molecule has 0 bridgehead atoms. The number of benzene rings is 2. The fourth-order valence-electron chi connectivity index (χ4n) is 1.90. The Morgan fingerprint density at radius 3 is 2.18 bits per heavy atom. The minimum atomic E-state index is -0.487. The van der Waals surface area contributed by atoms with Crippen molar-refractivity contribution in [1.82, 2.24) is 0 Å². The van der Waals surface area contributed by atoms with Gasteiger partial charge in [0.2, 0.25) is 5.91 Å². The molecule has 0 spiro atoms. The minimum Gasteiger partial charge on any atom is -0.324 e. The van der Waals surface area contributed by atoms with Gasteiger partial charge in [0.05, 0.1) is 23.6 Å². The number of carbonyl (C=O) groups excluding carboxylic acids is 3. The van der Waals surface area contributed by atoms with Crippen LogP contribution in [0.1, 0.15) is 23.2 Å². The standard InChI is InChI=1S/C17H14ClNO3/c18-14-8-4-5-9-15(14)19-17(22)11-13(20)10-16(21)12-6-2-1-3-7-12/h1-9H,10-11H2,(H,19,22). The normalized spacial score (nSPS) is 10.0. The number of anilines is 1. The van der Waals surface area contributed by atoms with E-state index < -0.39 is 11.7 Å². The lowest BCUT2D eigenvalue weighted by Crippen LogP contribution is -2.18. The number of halogens is 1. The largest absolute Gasteiger partial charge is 0.324 e. The second kappa shape index (κ2) is 7.52. The van der Waals surface area contributed by atoms with E-state index in [4.69, 9.17) is 11.6 Å². The van der Waals surface area contributed by atoms with E-state index in [1.807, 2.05) is 0 Å². The molecule has 22 heavy (non-hydrogen) atoms. The molecule has 5 heteroatoms. The zero-order chi connectivity index (χ0) is 15.9. The Morgan fingerprint density at radius 2 is 1.50 bits per heavy atom. The molecule has 0 saturated heterocycles. The summed E-state index contributed by atoms with van der Waals surface area (Å²) in [6.45, 7) is 0. The maximum absolute atomic E-state index is 11.9. The van der Waals surface area contributed by atoms with Gasteiger partial charge in [-0.1, -0.05) is 54.1 Å². The first-order chi connectivity index (χ1) is 10.6. The van der Waals surface area contributed by atoms with Crippen molar-refractivity contribution in [3.63, 3.8) is 0 Å². The Labute approximate surface area is 133 Å². The molecule has 0 aliphatic heterocycles. The number of carbonyl (C=O) groups is 3. The van der Waals surface area contributed by atoms with Crippen LogP contribution in [0.2, 0.25) is 5.02 Å². The lowest BCUT2D eigenvalue weighted by atomic mass is 10.0. The Hall–Kier alpha value is -2.46. The van der Waals surface area contributed by atoms with E-state index in [0.29, 0.717) is 16.3 Å². The maximum Gasteiger partial charge on any atom is 0.231 e. The van der Waals surface area contributed by atoms with E-state index in [9.17, 15) is 14.4 Å². The Kier molecular flexibility index (Phi) is 5.44. The average Bonchev–Trinajstić information content (AvgIpc) is 2.50. The van der Waals surface area contributed by atoms with Gasteiger partial charge in [0, 0.05) is 5.56 Å². The van der Waals surface area contributed by atoms with E-state index in [1.165, 1.54) is 0 Å². The SMILES string of the molecule is O=C(CC(=O)Nc1ccccc1Cl)CC(=O)c1ccccc1. The van der Waals surface area contributed by atoms with Crippen LogP contribution in [0, 0.1) is 0 Å². The Bertz CT molecular complexity index is 698. The quantitative estimate of drug-likeness (QED) is 0.655. The molecule has 0 aliphatic carbocycles. The molecule has 0 aliphatic rings. The van der Waals surface area contributed by atoms with Crippen molar-refractivity contribution in [3.8, 4) is 0 Å². The van der Waals surface area contributed by atoms with E-state index in [2.05, 4.69) is 5.32 Å². The number of hydrogen-bond donors (Lipinski definition) is 1. The Morgan fingerprint density at radius 1 is 0.864 bits per heavy atom. The summed E-state index contributed by atoms with van der Waals surface area (Å²) < 4.78 is 0. The number of para-hydroxylation sites is 1. The summed E-state index contributed by atoms with van der Waals surface area (Å²) in [7, 11) is 0. The summed E-state index contributed by atoms with van der Waals surface area (Å²) in [5.41, 5.74) is 0.902. The number of nitrogens with one attached hydrogen (secondary N) is 1. The van der Waals surface area contributed by atoms with Crippen LogP contribution < -0.4 is 5.32 Å². The topological polar surface area (TPSA) is 63.2 Å². The van der Waals surface area contributed by atoms with Crippen LogP contribution in [-0.2, 0) is 9.59 Å². The number of ketones is 2. The van der Waals surface area contributed by atoms with Gasteiger partial charge < -0.3 is 5.32 Å². The van der Waals surface area contributed by atoms with Gasteiger partial charge >= 0.3 is 0 Å². The summed E-state index contributed by atoms with van der Waals surface area (Å²) >= 11 is 5.92. The molecule has 0 saturated carbocycles. The molecule has 0 unspecified atom stereocenters. The minimum absolute atomic E-state index is 0.292. The molecule has 0 atom stereocenters. The van der Waals surface area contributed by atoms with Crippen molar-refractivity contribution in [1.29, 1.82) is 0 Å². The molecule has 0 fully saturated rings. The van der Waals surface area contributed by atoms with Crippen molar-refractivity contribution in [2.24, 2.45) is 0 Å². The number of amides is 1. The van der Waals surface area contributed by atoms with Crippen LogP contribution in [0.3, 0.4) is 0 Å². The highest BCUT2D eigenvalue weighted by Gasteiger charge is 2.15. The second-order valence-electron chi connectivity index (χ2n) is 4.71. The molecule has 2 rings (SSSR count). The molecule has 0 radical (unpaired) electrons. The molecule has 1 amide bonds. The summed E-state index contributed by atoms with van der Waals surface area (Å²) in [6.07, 6.45) is -0.649. The van der Waals surface area contributed by atoms with Gasteiger partial charge in [0.15, 0.2) is 5.78 Å². The predicted octanol–water partition coefficient (Wildman–Crippen LogP) is 3.51. The fourth-order valence-corrected chi connectivity index (χ4v) is 2.09. The van der Waals surface area contributed by atoms with Gasteiger partial charge in [-0.25, -0.2) is 0 Å². The molecule has 4 nitrogen and oxygen atoms in total. The second-order valence-corrected chi connectivity index (χ2v) is 5.12. The number of Topliss-reactive ketones (excluding diaryl/α,β-unsaturated/α-hetero) is 2. The molecule has 0 aromatic heterocycles. The fraction of sp³-hybridized carbons (Fsp3) is 0.118. The maximum atomic E-state index is 11.9. The lowest BCUT2D eigenvalue weighted by molar-refractivity contribution is -0.124. The molecule has 0 heterocycles. The Balaban J connectivity index is 1.88. The van der Waals surface area contributed by atoms with Crippen molar-refractivity contribution in [3.05, 3.63) is 65.2 Å². The van der Waals surface area contributed by atoms with Crippen molar-refractivity contribution < 1.29 is 14.4 Å². The first-order valence-electron chi connectivity index (χ1n) is 6.70. The van der Waals surface area contributed by atoms with Gasteiger partial charge in [-0.2, -0.15) is 0 Å². The van der Waals surface area contributed by atoms with Gasteiger partial charge in [0.1, 0.15) is 5.78 Å². The van der Waals surface area contributed by atoms with E-state index in [-0.39, 0.29) is 18.6 Å². The van der Waals surface area contributed by atoms with Gasteiger partial charge in [-0.3, -0.25) is 14.4 Å². The smallest absolute Gasteiger partial charge is 0.231 e. The molecule has 112 valence electrons. The third kappa shape index (κ3) is 4.53. The lowest BCUT2D eigenvalue weighted by Gasteiger charge is -2.06. The summed E-state index contributed by atoms with van der Waals surface area (Å²) in [5, 5.41) is 2.94.